The van der Waals surface area contributed by atoms with Crippen molar-refractivity contribution in [2.75, 3.05) is 46.4 Å². The lowest BCUT2D eigenvalue weighted by Crippen LogP contribution is -2.40. The first kappa shape index (κ1) is 23.0. The van der Waals surface area contributed by atoms with E-state index in [1.54, 1.807) is 7.11 Å². The summed E-state index contributed by atoms with van der Waals surface area (Å²) in [5.41, 5.74) is 1.22. The van der Waals surface area contributed by atoms with Crippen molar-refractivity contribution in [1.29, 1.82) is 0 Å². The molecule has 1 unspecified atom stereocenters. The normalized spacial score (nSPS) is 18.1. The molecule has 1 saturated heterocycles. The summed E-state index contributed by atoms with van der Waals surface area (Å²) in [5.74, 6) is 2.55. The molecule has 6 heteroatoms. The Kier molecular flexibility index (Phi) is 11.7. The van der Waals surface area contributed by atoms with Gasteiger partial charge in [0.15, 0.2) is 5.96 Å². The van der Waals surface area contributed by atoms with E-state index in [2.05, 4.69) is 41.5 Å². The number of hydrogen-bond acceptors (Lipinski definition) is 3. The van der Waals surface area contributed by atoms with Crippen LogP contribution in [0.1, 0.15) is 32.3 Å². The first-order chi connectivity index (χ1) is 12.3. The summed E-state index contributed by atoms with van der Waals surface area (Å²) >= 11 is 0. The fourth-order valence-corrected chi connectivity index (χ4v) is 3.37. The predicted molar refractivity (Wildman–Crippen MR) is 121 cm³/mol. The van der Waals surface area contributed by atoms with Crippen LogP contribution < -0.4 is 15.4 Å². The minimum Gasteiger partial charge on any atom is -0.496 e. The molecule has 1 aromatic rings. The number of methoxy groups -OCH3 is 1. The summed E-state index contributed by atoms with van der Waals surface area (Å²) in [4.78, 5) is 7.35. The summed E-state index contributed by atoms with van der Waals surface area (Å²) in [5, 5.41) is 6.81. The Labute approximate surface area is 176 Å². The maximum absolute atomic E-state index is 5.42. The maximum atomic E-state index is 5.42. The number of guanidine groups is 1. The second kappa shape index (κ2) is 13.2. The summed E-state index contributed by atoms with van der Waals surface area (Å²) in [7, 11) is 1.72. The molecule has 1 fully saturated rings. The van der Waals surface area contributed by atoms with Crippen molar-refractivity contribution in [1.82, 2.24) is 15.5 Å². The lowest BCUT2D eigenvalue weighted by Gasteiger charge is -2.31. The van der Waals surface area contributed by atoms with E-state index in [9.17, 15) is 0 Å². The Morgan fingerprint density at radius 2 is 2.08 bits per heavy atom. The molecular formula is C20H35IN4O. The van der Waals surface area contributed by atoms with Gasteiger partial charge in [0.2, 0.25) is 0 Å². The smallest absolute Gasteiger partial charge is 0.191 e. The Hall–Kier alpha value is -1.02. The van der Waals surface area contributed by atoms with E-state index >= 15 is 0 Å². The molecule has 148 valence electrons. The Balaban J connectivity index is 0.00000338. The van der Waals surface area contributed by atoms with E-state index in [1.165, 1.54) is 31.5 Å². The number of nitrogens with one attached hydrogen (secondary N) is 2. The molecule has 0 aromatic heterocycles. The zero-order valence-electron chi connectivity index (χ0n) is 16.5. The van der Waals surface area contributed by atoms with Gasteiger partial charge in [0.1, 0.15) is 5.75 Å². The molecule has 1 aliphatic rings. The van der Waals surface area contributed by atoms with Crippen molar-refractivity contribution in [2.45, 2.75) is 33.1 Å². The molecule has 1 heterocycles. The Bertz CT molecular complexity index is 538. The lowest BCUT2D eigenvalue weighted by molar-refractivity contribution is 0.186. The molecule has 1 aliphatic heterocycles. The summed E-state index contributed by atoms with van der Waals surface area (Å²) < 4.78 is 5.42. The number of likely N-dealkylation sites (tertiary alicyclic amines) is 1. The van der Waals surface area contributed by atoms with Crippen LogP contribution in [-0.4, -0.2) is 57.2 Å². The van der Waals surface area contributed by atoms with E-state index in [4.69, 9.17) is 9.73 Å². The minimum absolute atomic E-state index is 0. The third kappa shape index (κ3) is 7.70. The van der Waals surface area contributed by atoms with E-state index < -0.39 is 0 Å². The van der Waals surface area contributed by atoms with Gasteiger partial charge >= 0.3 is 0 Å². The average Bonchev–Trinajstić information content (AvgIpc) is 2.66. The number of piperidine rings is 1. The third-order valence-corrected chi connectivity index (χ3v) is 4.78. The third-order valence-electron chi connectivity index (χ3n) is 4.78. The number of benzene rings is 1. The Morgan fingerprint density at radius 3 is 2.81 bits per heavy atom. The fourth-order valence-electron chi connectivity index (χ4n) is 3.37. The van der Waals surface area contributed by atoms with Crippen LogP contribution in [0.15, 0.2) is 29.3 Å². The first-order valence-corrected chi connectivity index (χ1v) is 9.63. The molecule has 0 spiro atoms. The topological polar surface area (TPSA) is 48.9 Å². The fraction of sp³-hybridized carbons (Fsp3) is 0.650. The van der Waals surface area contributed by atoms with Crippen LogP contribution in [0.3, 0.4) is 0 Å². The number of halogens is 1. The lowest BCUT2D eigenvalue weighted by atomic mass is 9.98. The summed E-state index contributed by atoms with van der Waals surface area (Å²) in [6.45, 7) is 10.6. The van der Waals surface area contributed by atoms with Crippen LogP contribution in [0.2, 0.25) is 0 Å². The van der Waals surface area contributed by atoms with Gasteiger partial charge in [-0.25, -0.2) is 0 Å². The zero-order chi connectivity index (χ0) is 17.9. The van der Waals surface area contributed by atoms with Gasteiger partial charge in [-0.05, 0) is 56.8 Å². The van der Waals surface area contributed by atoms with Crippen LogP contribution in [0, 0.1) is 5.92 Å². The number of aliphatic imine (C=N–C) groups is 1. The van der Waals surface area contributed by atoms with Gasteiger partial charge in [-0.3, -0.25) is 4.99 Å². The molecule has 26 heavy (non-hydrogen) atoms. The number of hydrogen-bond donors (Lipinski definition) is 2. The van der Waals surface area contributed by atoms with E-state index in [1.807, 2.05) is 12.1 Å². The monoisotopic (exact) mass is 474 g/mol. The van der Waals surface area contributed by atoms with Crippen LogP contribution in [0.25, 0.3) is 0 Å². The molecule has 0 amide bonds. The highest BCUT2D eigenvalue weighted by atomic mass is 127. The molecule has 0 saturated carbocycles. The standard InChI is InChI=1S/C20H34N4O.HI/c1-4-21-20(23-15-17-9-8-14-24(5-2)16-17)22-13-12-18-10-6-7-11-19(18)25-3;/h6-7,10-11,17H,4-5,8-9,12-16H2,1-3H3,(H2,21,22,23);1H. The minimum atomic E-state index is 0. The van der Waals surface area contributed by atoms with Gasteiger partial charge in [0.05, 0.1) is 7.11 Å². The molecule has 0 bridgehead atoms. The molecule has 2 N–H and O–H groups in total. The van der Waals surface area contributed by atoms with Gasteiger partial charge < -0.3 is 20.3 Å². The molecule has 1 atom stereocenters. The van der Waals surface area contributed by atoms with E-state index in [-0.39, 0.29) is 24.0 Å². The molecule has 5 nitrogen and oxygen atoms in total. The largest absolute Gasteiger partial charge is 0.496 e. The van der Waals surface area contributed by atoms with Crippen molar-refractivity contribution < 1.29 is 4.74 Å². The molecular weight excluding hydrogens is 439 g/mol. The molecule has 2 rings (SSSR count). The zero-order valence-corrected chi connectivity index (χ0v) is 18.8. The van der Waals surface area contributed by atoms with Gasteiger partial charge in [-0.15, -0.1) is 24.0 Å². The van der Waals surface area contributed by atoms with Crippen molar-refractivity contribution in [2.24, 2.45) is 10.9 Å². The van der Waals surface area contributed by atoms with Crippen LogP contribution in [0.4, 0.5) is 0 Å². The van der Waals surface area contributed by atoms with E-state index in [0.29, 0.717) is 5.92 Å². The first-order valence-electron chi connectivity index (χ1n) is 9.63. The quantitative estimate of drug-likeness (QED) is 0.346. The van der Waals surface area contributed by atoms with Crippen LogP contribution in [-0.2, 0) is 6.42 Å². The van der Waals surface area contributed by atoms with Crippen molar-refractivity contribution in [3.63, 3.8) is 0 Å². The Morgan fingerprint density at radius 1 is 1.27 bits per heavy atom. The second-order valence-electron chi connectivity index (χ2n) is 6.61. The van der Waals surface area contributed by atoms with Gasteiger partial charge in [0, 0.05) is 26.2 Å². The van der Waals surface area contributed by atoms with E-state index in [0.717, 1.165) is 44.3 Å². The maximum Gasteiger partial charge on any atom is 0.191 e. The highest BCUT2D eigenvalue weighted by Gasteiger charge is 2.18. The predicted octanol–water partition coefficient (Wildman–Crippen LogP) is 3.14. The van der Waals surface area contributed by atoms with Crippen molar-refractivity contribution in [3.05, 3.63) is 29.8 Å². The average molecular weight is 474 g/mol. The van der Waals surface area contributed by atoms with Crippen LogP contribution >= 0.6 is 24.0 Å². The number of ether oxygens (including phenoxy) is 1. The second-order valence-corrected chi connectivity index (χ2v) is 6.61. The number of nitrogens with zero attached hydrogens (tertiary/aromatic N) is 2. The molecule has 0 radical (unpaired) electrons. The summed E-state index contributed by atoms with van der Waals surface area (Å²) in [6, 6.07) is 8.19. The molecule has 1 aromatic carbocycles. The van der Waals surface area contributed by atoms with Crippen LogP contribution in [0.5, 0.6) is 5.75 Å². The number of para-hydroxylation sites is 1. The SMILES string of the molecule is CCNC(=NCC1CCCN(CC)C1)NCCc1ccccc1OC.I. The molecule has 0 aliphatic carbocycles. The van der Waals surface area contributed by atoms with Gasteiger partial charge in [-0.2, -0.15) is 0 Å². The number of rotatable bonds is 8. The highest BCUT2D eigenvalue weighted by Crippen LogP contribution is 2.17. The van der Waals surface area contributed by atoms with Crippen molar-refractivity contribution in [3.8, 4) is 5.75 Å². The summed E-state index contributed by atoms with van der Waals surface area (Å²) in [6.07, 6.45) is 3.51. The van der Waals surface area contributed by atoms with Crippen molar-refractivity contribution >= 4 is 29.9 Å². The van der Waals surface area contributed by atoms with Gasteiger partial charge in [0.25, 0.3) is 0 Å². The van der Waals surface area contributed by atoms with Gasteiger partial charge in [-0.1, -0.05) is 25.1 Å². The highest BCUT2D eigenvalue weighted by molar-refractivity contribution is 14.0.